The SMILES string of the molecule is Cc1cc(S(=O)(=O)N2CCC[C@H](N(C)CCCN(C)C)C2)c(C)s1. The summed E-state index contributed by atoms with van der Waals surface area (Å²) in [5.41, 5.74) is 0. The van der Waals surface area contributed by atoms with Gasteiger partial charge in [0.1, 0.15) is 0 Å². The number of hydrogen-bond acceptors (Lipinski definition) is 5. The van der Waals surface area contributed by atoms with Gasteiger partial charge in [0.15, 0.2) is 0 Å². The Balaban J connectivity index is 2.03. The van der Waals surface area contributed by atoms with Gasteiger partial charge in [-0.15, -0.1) is 11.3 Å². The molecule has 0 amide bonds. The Labute approximate surface area is 151 Å². The smallest absolute Gasteiger partial charge is 0.244 e. The highest BCUT2D eigenvalue weighted by Crippen LogP contribution is 2.29. The van der Waals surface area contributed by atoms with E-state index in [1.54, 1.807) is 15.6 Å². The molecule has 1 aliphatic rings. The van der Waals surface area contributed by atoms with Crippen LogP contribution in [0, 0.1) is 13.8 Å². The van der Waals surface area contributed by atoms with Gasteiger partial charge in [0.25, 0.3) is 0 Å². The monoisotopic (exact) mass is 373 g/mol. The maximum atomic E-state index is 13.0. The zero-order valence-electron chi connectivity index (χ0n) is 15.6. The minimum atomic E-state index is -3.36. The van der Waals surface area contributed by atoms with Crippen LogP contribution in [0.3, 0.4) is 0 Å². The summed E-state index contributed by atoms with van der Waals surface area (Å²) < 4.78 is 27.7. The molecule has 0 aromatic carbocycles. The van der Waals surface area contributed by atoms with Crippen molar-refractivity contribution in [3.05, 3.63) is 15.8 Å². The summed E-state index contributed by atoms with van der Waals surface area (Å²) in [7, 11) is 2.92. The van der Waals surface area contributed by atoms with E-state index in [4.69, 9.17) is 0 Å². The number of nitrogens with zero attached hydrogens (tertiary/aromatic N) is 3. The lowest BCUT2D eigenvalue weighted by atomic mass is 10.1. The normalized spacial score (nSPS) is 20.2. The van der Waals surface area contributed by atoms with Gasteiger partial charge < -0.3 is 9.80 Å². The van der Waals surface area contributed by atoms with Crippen molar-refractivity contribution in [2.75, 3.05) is 47.3 Å². The van der Waals surface area contributed by atoms with Crippen molar-refractivity contribution in [2.45, 2.75) is 44.0 Å². The van der Waals surface area contributed by atoms with E-state index in [9.17, 15) is 8.42 Å². The second-order valence-electron chi connectivity index (χ2n) is 7.07. The fourth-order valence-corrected chi connectivity index (χ4v) is 6.36. The highest BCUT2D eigenvalue weighted by Gasteiger charge is 2.33. The third-order valence-corrected chi connectivity index (χ3v) is 7.80. The molecule has 0 radical (unpaired) electrons. The summed E-state index contributed by atoms with van der Waals surface area (Å²) in [5, 5.41) is 0. The molecule has 1 saturated heterocycles. The molecular weight excluding hydrogens is 342 g/mol. The van der Waals surface area contributed by atoms with Crippen molar-refractivity contribution < 1.29 is 8.42 Å². The number of likely N-dealkylation sites (N-methyl/N-ethyl adjacent to an activating group) is 1. The third kappa shape index (κ3) is 4.79. The van der Waals surface area contributed by atoms with Crippen LogP contribution >= 0.6 is 11.3 Å². The minimum Gasteiger partial charge on any atom is -0.309 e. The summed E-state index contributed by atoms with van der Waals surface area (Å²) >= 11 is 1.56. The van der Waals surface area contributed by atoms with Crippen LogP contribution in [0.15, 0.2) is 11.0 Å². The first kappa shape index (κ1) is 19.8. The molecule has 2 heterocycles. The molecule has 0 N–H and O–H groups in total. The Bertz CT molecular complexity index is 640. The Hall–Kier alpha value is -0.470. The average Bonchev–Trinajstić information content (AvgIpc) is 2.86. The Morgan fingerprint density at radius 2 is 1.96 bits per heavy atom. The third-order valence-electron chi connectivity index (χ3n) is 4.71. The average molecular weight is 374 g/mol. The van der Waals surface area contributed by atoms with Crippen LogP contribution in [0.2, 0.25) is 0 Å². The molecule has 2 rings (SSSR count). The van der Waals surface area contributed by atoms with Crippen LogP contribution in [0.4, 0.5) is 0 Å². The van der Waals surface area contributed by atoms with Crippen molar-refractivity contribution in [1.82, 2.24) is 14.1 Å². The predicted molar refractivity (Wildman–Crippen MR) is 101 cm³/mol. The van der Waals surface area contributed by atoms with Gasteiger partial charge in [-0.25, -0.2) is 8.42 Å². The van der Waals surface area contributed by atoms with Crippen molar-refractivity contribution in [3.8, 4) is 0 Å². The lowest BCUT2D eigenvalue weighted by Gasteiger charge is -2.37. The molecule has 1 fully saturated rings. The van der Waals surface area contributed by atoms with Gasteiger partial charge in [0.2, 0.25) is 10.0 Å². The number of sulfonamides is 1. The zero-order valence-corrected chi connectivity index (χ0v) is 17.2. The molecule has 5 nitrogen and oxygen atoms in total. The van der Waals surface area contributed by atoms with Gasteiger partial charge in [-0.1, -0.05) is 0 Å². The van der Waals surface area contributed by atoms with Gasteiger partial charge in [-0.3, -0.25) is 0 Å². The Morgan fingerprint density at radius 1 is 1.25 bits per heavy atom. The summed E-state index contributed by atoms with van der Waals surface area (Å²) in [6.45, 7) is 7.18. The zero-order chi connectivity index (χ0) is 17.9. The fraction of sp³-hybridized carbons (Fsp3) is 0.765. The van der Waals surface area contributed by atoms with Crippen LogP contribution in [0.5, 0.6) is 0 Å². The lowest BCUT2D eigenvalue weighted by Crippen LogP contribution is -2.48. The van der Waals surface area contributed by atoms with Gasteiger partial charge >= 0.3 is 0 Å². The second kappa shape index (κ2) is 8.27. The van der Waals surface area contributed by atoms with Crippen LogP contribution in [0.25, 0.3) is 0 Å². The van der Waals surface area contributed by atoms with Gasteiger partial charge in [-0.2, -0.15) is 4.31 Å². The first-order chi connectivity index (χ1) is 11.2. The van der Waals surface area contributed by atoms with Crippen molar-refractivity contribution in [3.63, 3.8) is 0 Å². The van der Waals surface area contributed by atoms with Gasteiger partial charge in [0, 0.05) is 28.9 Å². The minimum absolute atomic E-state index is 0.315. The van der Waals surface area contributed by atoms with Gasteiger partial charge in [-0.05, 0) is 73.4 Å². The van der Waals surface area contributed by atoms with E-state index in [2.05, 4.69) is 30.9 Å². The lowest BCUT2D eigenvalue weighted by molar-refractivity contribution is 0.158. The Kier molecular flexibility index (Phi) is 6.84. The highest BCUT2D eigenvalue weighted by atomic mass is 32.2. The van der Waals surface area contributed by atoms with Crippen LogP contribution < -0.4 is 0 Å². The topological polar surface area (TPSA) is 43.9 Å². The van der Waals surface area contributed by atoms with E-state index in [1.165, 1.54) is 0 Å². The maximum absolute atomic E-state index is 13.0. The molecule has 0 spiro atoms. The molecular formula is C17H31N3O2S2. The molecule has 1 aromatic heterocycles. The van der Waals surface area contributed by atoms with Gasteiger partial charge in [0.05, 0.1) is 4.90 Å². The first-order valence-electron chi connectivity index (χ1n) is 8.64. The van der Waals surface area contributed by atoms with Crippen molar-refractivity contribution in [1.29, 1.82) is 0 Å². The maximum Gasteiger partial charge on any atom is 0.244 e. The summed E-state index contributed by atoms with van der Waals surface area (Å²) in [6, 6.07) is 2.13. The quantitative estimate of drug-likeness (QED) is 0.736. The number of piperidine rings is 1. The standard InChI is InChI=1S/C17H31N3O2S2/c1-14-12-17(15(2)23-14)24(21,22)20-11-6-8-16(13-20)19(5)10-7-9-18(3)4/h12,16H,6-11,13H2,1-5H3/t16-/m0/s1. The number of aryl methyl sites for hydroxylation is 2. The van der Waals surface area contributed by atoms with Crippen LogP contribution in [-0.2, 0) is 10.0 Å². The highest BCUT2D eigenvalue weighted by molar-refractivity contribution is 7.89. The van der Waals surface area contributed by atoms with Crippen LogP contribution in [0.1, 0.15) is 29.0 Å². The molecule has 7 heteroatoms. The van der Waals surface area contributed by atoms with E-state index in [0.29, 0.717) is 24.0 Å². The second-order valence-corrected chi connectivity index (χ2v) is 10.4. The van der Waals surface area contributed by atoms with Crippen molar-refractivity contribution >= 4 is 21.4 Å². The number of hydrogen-bond donors (Lipinski definition) is 0. The molecule has 0 bridgehead atoms. The molecule has 0 unspecified atom stereocenters. The van der Waals surface area contributed by atoms with Crippen LogP contribution in [-0.4, -0.2) is 75.9 Å². The summed E-state index contributed by atoms with van der Waals surface area (Å²) in [6.07, 6.45) is 3.12. The van der Waals surface area contributed by atoms with E-state index < -0.39 is 10.0 Å². The van der Waals surface area contributed by atoms with Crippen molar-refractivity contribution in [2.24, 2.45) is 0 Å². The molecule has 1 atom stereocenters. The Morgan fingerprint density at radius 3 is 2.54 bits per heavy atom. The molecule has 24 heavy (non-hydrogen) atoms. The van der Waals surface area contributed by atoms with E-state index in [1.807, 2.05) is 19.9 Å². The first-order valence-corrected chi connectivity index (χ1v) is 10.9. The molecule has 1 aliphatic heterocycles. The van der Waals surface area contributed by atoms with E-state index in [-0.39, 0.29) is 0 Å². The fourth-order valence-electron chi connectivity index (χ4n) is 3.32. The molecule has 138 valence electrons. The predicted octanol–water partition coefficient (Wildman–Crippen LogP) is 2.40. The summed E-state index contributed by atoms with van der Waals surface area (Å²) in [5.74, 6) is 0. The number of thiophene rings is 1. The van der Waals surface area contributed by atoms with E-state index >= 15 is 0 Å². The number of rotatable bonds is 7. The molecule has 1 aromatic rings. The largest absolute Gasteiger partial charge is 0.309 e. The molecule has 0 aliphatic carbocycles. The summed E-state index contributed by atoms with van der Waals surface area (Å²) in [4.78, 5) is 6.97. The van der Waals surface area contributed by atoms with E-state index in [0.717, 1.165) is 42.1 Å². The molecule has 0 saturated carbocycles.